The number of nitrogens with one attached hydrogen (secondary N) is 2. The zero-order valence-electron chi connectivity index (χ0n) is 17.7. The van der Waals surface area contributed by atoms with Crippen LogP contribution in [0.5, 0.6) is 0 Å². The molecule has 0 saturated carbocycles. The van der Waals surface area contributed by atoms with Crippen LogP contribution in [0.15, 0.2) is 60.8 Å². The third kappa shape index (κ3) is 7.94. The summed E-state index contributed by atoms with van der Waals surface area (Å²) >= 11 is 0. The van der Waals surface area contributed by atoms with E-state index < -0.39 is 11.9 Å². The third-order valence-corrected chi connectivity index (χ3v) is 4.92. The molecular formula is C24H25KN2O4. The van der Waals surface area contributed by atoms with Crippen molar-refractivity contribution < 1.29 is 71.2 Å². The van der Waals surface area contributed by atoms with Gasteiger partial charge in [-0.05, 0) is 61.3 Å². The smallest absolute Gasteiger partial charge is 0.550 e. The molecule has 6 nitrogen and oxygen atoms in total. The fourth-order valence-corrected chi connectivity index (χ4v) is 3.46. The van der Waals surface area contributed by atoms with E-state index in [1.54, 1.807) is 0 Å². The number of hydrogen-bond acceptors (Lipinski definition) is 3. The minimum absolute atomic E-state index is 0. The van der Waals surface area contributed by atoms with Crippen LogP contribution in [0.4, 0.5) is 0 Å². The molecule has 0 aliphatic carbocycles. The number of carbonyl (C=O) groups is 2. The van der Waals surface area contributed by atoms with Crippen LogP contribution < -0.4 is 56.5 Å². The largest absolute Gasteiger partial charge is 1.00 e. The number of aryl methyl sites for hydroxylation is 2. The maximum Gasteiger partial charge on any atom is 1.00 e. The molecule has 0 amide bonds. The zero-order chi connectivity index (χ0) is 21.3. The van der Waals surface area contributed by atoms with Gasteiger partial charge in [0.05, 0.1) is 0 Å². The molecule has 0 aliphatic rings. The van der Waals surface area contributed by atoms with Crippen LogP contribution in [0.1, 0.15) is 36.9 Å². The van der Waals surface area contributed by atoms with Crippen LogP contribution in [0.25, 0.3) is 21.8 Å². The van der Waals surface area contributed by atoms with Crippen LogP contribution in [-0.2, 0) is 22.4 Å². The number of aromatic amines is 2. The van der Waals surface area contributed by atoms with Crippen LogP contribution in [0, 0.1) is 0 Å². The minimum Gasteiger partial charge on any atom is -0.550 e. The van der Waals surface area contributed by atoms with Crippen LogP contribution in [0.2, 0.25) is 0 Å². The average molecular weight is 445 g/mol. The Bertz CT molecular complexity index is 1090. The second-order valence-corrected chi connectivity index (χ2v) is 7.21. The molecule has 0 unspecified atom stereocenters. The molecule has 2 heterocycles. The second-order valence-electron chi connectivity index (χ2n) is 7.21. The number of fused-ring (bicyclic) bond motifs is 2. The number of rotatable bonds is 8. The summed E-state index contributed by atoms with van der Waals surface area (Å²) in [5.41, 5.74) is 4.49. The van der Waals surface area contributed by atoms with E-state index in [-0.39, 0.29) is 64.2 Å². The summed E-state index contributed by atoms with van der Waals surface area (Å²) in [5, 5.41) is 21.2. The molecule has 0 aliphatic heterocycles. The van der Waals surface area contributed by atoms with Crippen molar-refractivity contribution in [3.05, 3.63) is 72.1 Å². The first-order valence-electron chi connectivity index (χ1n) is 10.1. The van der Waals surface area contributed by atoms with Gasteiger partial charge in [-0.25, -0.2) is 0 Å². The fraction of sp³-hybridized carbons (Fsp3) is 0.250. The van der Waals surface area contributed by atoms with E-state index in [1.807, 2.05) is 48.7 Å². The van der Waals surface area contributed by atoms with Gasteiger partial charge < -0.3 is 25.0 Å². The van der Waals surface area contributed by atoms with Crippen molar-refractivity contribution in [1.82, 2.24) is 9.97 Å². The van der Waals surface area contributed by atoms with Gasteiger partial charge >= 0.3 is 57.4 Å². The van der Waals surface area contributed by atoms with Gasteiger partial charge in [-0.15, -0.1) is 0 Å². The van der Waals surface area contributed by atoms with Crippen LogP contribution >= 0.6 is 0 Å². The number of H-pyrrole nitrogens is 2. The molecule has 156 valence electrons. The molecule has 0 spiro atoms. The molecule has 7 heteroatoms. The molecule has 0 saturated heterocycles. The third-order valence-electron chi connectivity index (χ3n) is 4.92. The molecular weight excluding hydrogens is 419 g/mol. The van der Waals surface area contributed by atoms with E-state index in [1.165, 1.54) is 16.3 Å². The van der Waals surface area contributed by atoms with Crippen molar-refractivity contribution >= 4 is 33.7 Å². The van der Waals surface area contributed by atoms with E-state index >= 15 is 0 Å². The molecule has 31 heavy (non-hydrogen) atoms. The van der Waals surface area contributed by atoms with Crippen LogP contribution in [0.3, 0.4) is 0 Å². The van der Waals surface area contributed by atoms with Crippen molar-refractivity contribution in [2.75, 3.05) is 0 Å². The summed E-state index contributed by atoms with van der Waals surface area (Å²) in [6.45, 7) is 0. The first kappa shape index (κ1) is 25.4. The molecule has 0 fully saturated rings. The Labute approximate surface area is 223 Å². The van der Waals surface area contributed by atoms with E-state index in [9.17, 15) is 14.7 Å². The van der Waals surface area contributed by atoms with Gasteiger partial charge in [0, 0.05) is 40.7 Å². The van der Waals surface area contributed by atoms with Gasteiger partial charge in [0.15, 0.2) is 0 Å². The molecule has 3 N–H and O–H groups in total. The normalized spacial score (nSPS) is 10.3. The second kappa shape index (κ2) is 12.8. The Balaban J connectivity index is 0.000000213. The molecule has 0 atom stereocenters. The Morgan fingerprint density at radius 1 is 0.903 bits per heavy atom. The minimum atomic E-state index is -0.980. The predicted molar refractivity (Wildman–Crippen MR) is 115 cm³/mol. The topological polar surface area (TPSA) is 109 Å². The van der Waals surface area contributed by atoms with Gasteiger partial charge in [-0.1, -0.05) is 36.4 Å². The van der Waals surface area contributed by atoms with Crippen molar-refractivity contribution in [2.24, 2.45) is 0 Å². The molecule has 2 aromatic heterocycles. The maximum absolute atomic E-state index is 10.4. The predicted octanol–water partition coefficient (Wildman–Crippen LogP) is 0.820. The van der Waals surface area contributed by atoms with Crippen LogP contribution in [-0.4, -0.2) is 27.0 Å². The quantitative estimate of drug-likeness (QED) is 0.350. The number of aromatic nitrogens is 2. The summed E-state index contributed by atoms with van der Waals surface area (Å²) in [6, 6.07) is 18.1. The van der Waals surface area contributed by atoms with Crippen molar-refractivity contribution in [1.29, 1.82) is 0 Å². The van der Waals surface area contributed by atoms with Crippen molar-refractivity contribution in [3.8, 4) is 0 Å². The molecule has 0 radical (unpaired) electrons. The fourth-order valence-electron chi connectivity index (χ4n) is 3.46. The number of carboxylic acid groups (broad SMARTS) is 2. The average Bonchev–Trinajstić information content (AvgIpc) is 3.32. The van der Waals surface area contributed by atoms with Crippen molar-refractivity contribution in [2.45, 2.75) is 38.5 Å². The van der Waals surface area contributed by atoms with Gasteiger partial charge in [0.1, 0.15) is 0 Å². The van der Waals surface area contributed by atoms with E-state index in [4.69, 9.17) is 5.11 Å². The van der Waals surface area contributed by atoms with Gasteiger partial charge in [-0.2, -0.15) is 0 Å². The summed E-state index contributed by atoms with van der Waals surface area (Å²) in [4.78, 5) is 27.1. The molecule has 0 bridgehead atoms. The Morgan fingerprint density at radius 3 is 2.29 bits per heavy atom. The van der Waals surface area contributed by atoms with E-state index in [0.717, 1.165) is 29.6 Å². The van der Waals surface area contributed by atoms with E-state index in [0.29, 0.717) is 12.8 Å². The summed E-state index contributed by atoms with van der Waals surface area (Å²) in [6.07, 6.45) is 5.20. The number of hydrogen-bond donors (Lipinski definition) is 3. The molecule has 2 aromatic carbocycles. The standard InChI is InChI=1S/2C12H13NO2.K/c14-12(15)7-3-4-9-8-13-11-6-2-1-5-10(9)11;14-12(15)7-3-5-10-8-9-4-1-2-6-11(9)13-10;/h1-2,5-6,8,13H,3-4,7H2,(H,14,15);1-2,4,6,8,13H,3,5,7H2,(H,14,15);/q;;+1/p-1. The molecule has 4 rings (SSSR count). The SMILES string of the molecule is O=C(O)CCCc1c[nH]c2ccccc12.O=C([O-])CCCc1cc2ccccc2[nH]1.[K+]. The number of benzene rings is 2. The summed E-state index contributed by atoms with van der Waals surface area (Å²) < 4.78 is 0. The number of carbonyl (C=O) groups excluding carboxylic acids is 1. The Kier molecular flexibility index (Phi) is 10.5. The number of para-hydroxylation sites is 2. The Morgan fingerprint density at radius 2 is 1.58 bits per heavy atom. The van der Waals surface area contributed by atoms with Gasteiger partial charge in [0.2, 0.25) is 0 Å². The monoisotopic (exact) mass is 444 g/mol. The van der Waals surface area contributed by atoms with E-state index in [2.05, 4.69) is 22.1 Å². The summed E-state index contributed by atoms with van der Waals surface area (Å²) in [7, 11) is 0. The van der Waals surface area contributed by atoms with Crippen molar-refractivity contribution in [3.63, 3.8) is 0 Å². The Hall–Kier alpha value is -1.90. The first-order chi connectivity index (χ1) is 14.5. The number of carboxylic acids is 2. The number of aliphatic carboxylic acids is 2. The molecule has 4 aromatic rings. The maximum atomic E-state index is 10.4. The first-order valence-corrected chi connectivity index (χ1v) is 10.1. The zero-order valence-corrected chi connectivity index (χ0v) is 20.8. The van der Waals surface area contributed by atoms with Gasteiger partial charge in [-0.3, -0.25) is 4.79 Å². The van der Waals surface area contributed by atoms with Gasteiger partial charge in [0.25, 0.3) is 0 Å². The summed E-state index contributed by atoms with van der Waals surface area (Å²) in [5.74, 6) is -1.71.